The fourth-order valence-corrected chi connectivity index (χ4v) is 3.48. The lowest BCUT2D eigenvalue weighted by Gasteiger charge is -2.22. The van der Waals surface area contributed by atoms with Crippen LogP contribution in [0.2, 0.25) is 0 Å². The second-order valence-electron chi connectivity index (χ2n) is 9.15. The van der Waals surface area contributed by atoms with Crippen molar-refractivity contribution >= 4 is 22.1 Å². The highest BCUT2D eigenvalue weighted by molar-refractivity contribution is 5.81. The minimum absolute atomic E-state index is 0.0929. The molecule has 4 N–H and O–H groups in total. The van der Waals surface area contributed by atoms with Gasteiger partial charge in [0.1, 0.15) is 28.7 Å². The number of nitrogens with zero attached hydrogens (tertiary/aromatic N) is 2. The van der Waals surface area contributed by atoms with E-state index in [1.807, 2.05) is 12.1 Å². The van der Waals surface area contributed by atoms with E-state index >= 15 is 0 Å². The van der Waals surface area contributed by atoms with Crippen LogP contribution >= 0.6 is 0 Å². The van der Waals surface area contributed by atoms with Crippen LogP contribution in [0.5, 0.6) is 11.5 Å². The molecular formula is C22H26N4O2. The smallest absolute Gasteiger partial charge is 0.143 e. The van der Waals surface area contributed by atoms with E-state index in [2.05, 4.69) is 54.6 Å². The van der Waals surface area contributed by atoms with Gasteiger partial charge < -0.3 is 20.2 Å². The molecule has 0 unspecified atom stereocenters. The Morgan fingerprint density at radius 2 is 1.57 bits per heavy atom. The topological polar surface area (TPSA) is 97.8 Å². The third-order valence-electron chi connectivity index (χ3n) is 5.16. The van der Waals surface area contributed by atoms with Crippen molar-refractivity contribution in [2.24, 2.45) is 0 Å². The van der Waals surface area contributed by atoms with Crippen LogP contribution in [0.25, 0.3) is 22.1 Å². The number of H-pyrrole nitrogens is 2. The molecule has 0 amide bonds. The van der Waals surface area contributed by atoms with Gasteiger partial charge >= 0.3 is 0 Å². The van der Waals surface area contributed by atoms with Crippen molar-refractivity contribution in [2.45, 2.75) is 51.9 Å². The lowest BCUT2D eigenvalue weighted by Crippen LogP contribution is -2.22. The number of fused-ring (bicyclic) bond motifs is 2. The van der Waals surface area contributed by atoms with Gasteiger partial charge in [0.2, 0.25) is 0 Å². The van der Waals surface area contributed by atoms with Crippen LogP contribution in [-0.4, -0.2) is 30.1 Å². The summed E-state index contributed by atoms with van der Waals surface area (Å²) in [5, 5.41) is 20.6. The number of phenols is 2. The van der Waals surface area contributed by atoms with Crippen molar-refractivity contribution < 1.29 is 10.2 Å². The molecule has 6 nitrogen and oxygen atoms in total. The third kappa shape index (κ3) is 3.09. The molecule has 2 heterocycles. The first-order valence-corrected chi connectivity index (χ1v) is 9.45. The van der Waals surface area contributed by atoms with Gasteiger partial charge in [-0.05, 0) is 30.2 Å². The summed E-state index contributed by atoms with van der Waals surface area (Å²) in [7, 11) is 0. The van der Waals surface area contributed by atoms with Gasteiger partial charge in [-0.3, -0.25) is 0 Å². The number of aromatic nitrogens is 4. The molecule has 0 radical (unpaired) electrons. The minimum atomic E-state index is -0.372. The Balaban J connectivity index is 1.72. The van der Waals surface area contributed by atoms with Gasteiger partial charge in [-0.15, -0.1) is 0 Å². The summed E-state index contributed by atoms with van der Waals surface area (Å²) in [5.74, 6) is 2.05. The second-order valence-corrected chi connectivity index (χ2v) is 9.15. The quantitative estimate of drug-likeness (QED) is 0.416. The molecule has 6 heteroatoms. The zero-order chi connectivity index (χ0) is 20.3. The van der Waals surface area contributed by atoms with Crippen LogP contribution in [0.4, 0.5) is 0 Å². The summed E-state index contributed by atoms with van der Waals surface area (Å²) in [5.41, 5.74) is 3.40. The number of hydrogen-bond acceptors (Lipinski definition) is 4. The molecule has 4 aromatic rings. The van der Waals surface area contributed by atoms with Gasteiger partial charge in [-0.2, -0.15) is 0 Å². The molecule has 0 bridgehead atoms. The molecule has 28 heavy (non-hydrogen) atoms. The van der Waals surface area contributed by atoms with Crippen LogP contribution in [0.15, 0.2) is 30.3 Å². The molecule has 0 atom stereocenters. The van der Waals surface area contributed by atoms with E-state index in [0.29, 0.717) is 11.9 Å². The monoisotopic (exact) mass is 378 g/mol. The van der Waals surface area contributed by atoms with Gasteiger partial charge in [0.05, 0.1) is 16.6 Å². The van der Waals surface area contributed by atoms with Crippen LogP contribution in [0.3, 0.4) is 0 Å². The molecule has 0 saturated carbocycles. The van der Waals surface area contributed by atoms with Gasteiger partial charge in [0.15, 0.2) is 0 Å². The molecule has 2 aromatic carbocycles. The zero-order valence-electron chi connectivity index (χ0n) is 16.9. The Hall–Kier alpha value is -3.02. The number of aromatic amines is 2. The number of nitrogens with one attached hydrogen (secondary N) is 2. The summed E-state index contributed by atoms with van der Waals surface area (Å²) in [6.07, 6.45) is 0.583. The zero-order valence-corrected chi connectivity index (χ0v) is 16.9. The average Bonchev–Trinajstić information content (AvgIpc) is 3.19. The van der Waals surface area contributed by atoms with Crippen molar-refractivity contribution in [1.29, 1.82) is 0 Å². The lowest BCUT2D eigenvalue weighted by atomic mass is 9.84. The lowest BCUT2D eigenvalue weighted by molar-refractivity contribution is 0.444. The Bertz CT molecular complexity index is 1180. The summed E-state index contributed by atoms with van der Waals surface area (Å²) in [6.45, 7) is 10.4. The van der Waals surface area contributed by atoms with E-state index in [-0.39, 0.29) is 22.3 Å². The first kappa shape index (κ1) is 18.3. The molecular weight excluding hydrogens is 352 g/mol. The summed E-state index contributed by atoms with van der Waals surface area (Å²) < 4.78 is 0. The van der Waals surface area contributed by atoms with E-state index in [0.717, 1.165) is 33.8 Å². The van der Waals surface area contributed by atoms with Gasteiger partial charge in [0.25, 0.3) is 0 Å². The van der Waals surface area contributed by atoms with Gasteiger partial charge in [-0.1, -0.05) is 40.7 Å². The van der Waals surface area contributed by atoms with Crippen molar-refractivity contribution in [2.75, 3.05) is 0 Å². The first-order chi connectivity index (χ1) is 13.0. The Kier molecular flexibility index (Phi) is 3.93. The number of hydrogen-bond donors (Lipinski definition) is 4. The number of rotatable bonds is 3. The highest BCUT2D eigenvalue weighted by Crippen LogP contribution is 2.34. The van der Waals surface area contributed by atoms with Crippen molar-refractivity contribution in [3.05, 3.63) is 47.5 Å². The van der Waals surface area contributed by atoms with Crippen molar-refractivity contribution in [1.82, 2.24) is 19.9 Å². The fraction of sp³-hybridized carbons (Fsp3) is 0.364. The van der Waals surface area contributed by atoms with E-state index in [1.54, 1.807) is 18.2 Å². The van der Waals surface area contributed by atoms with Crippen molar-refractivity contribution in [3.8, 4) is 11.5 Å². The number of phenolic OH excluding ortho intramolecular Hbond substituents is 2. The minimum Gasteiger partial charge on any atom is -0.508 e. The van der Waals surface area contributed by atoms with E-state index < -0.39 is 0 Å². The number of imidazole rings is 2. The van der Waals surface area contributed by atoms with Gasteiger partial charge in [-0.25, -0.2) is 9.97 Å². The number of benzene rings is 2. The van der Waals surface area contributed by atoms with Crippen LogP contribution < -0.4 is 0 Å². The molecule has 0 fully saturated rings. The molecule has 4 rings (SSSR count). The summed E-state index contributed by atoms with van der Waals surface area (Å²) in [6, 6.07) is 9.00. The normalized spacial score (nSPS) is 12.9. The SMILES string of the molecule is CC(C)(C)c1nc2cc(O)c(CC(C)(C)c3nc4c(O)cccc4[nH]3)cc2[nH]1. The first-order valence-electron chi connectivity index (χ1n) is 9.45. The van der Waals surface area contributed by atoms with E-state index in [1.165, 1.54) is 0 Å². The summed E-state index contributed by atoms with van der Waals surface area (Å²) >= 11 is 0. The average molecular weight is 378 g/mol. The van der Waals surface area contributed by atoms with Crippen LogP contribution in [0.1, 0.15) is 51.8 Å². The Morgan fingerprint density at radius 1 is 0.857 bits per heavy atom. The standard InChI is InChI=1S/C22H26N4O2/c1-21(2,3)19-24-14-9-12(17(28)10-15(14)25-19)11-22(4,5)20-23-13-7-6-8-16(27)18(13)26-20/h6-10,27-28H,11H2,1-5H3,(H,23,26)(H,24,25). The maximum Gasteiger partial charge on any atom is 0.143 e. The third-order valence-corrected chi connectivity index (χ3v) is 5.16. The highest BCUT2D eigenvalue weighted by atomic mass is 16.3. The Morgan fingerprint density at radius 3 is 2.25 bits per heavy atom. The largest absolute Gasteiger partial charge is 0.508 e. The number of para-hydroxylation sites is 1. The maximum atomic E-state index is 10.6. The Labute approximate surface area is 163 Å². The van der Waals surface area contributed by atoms with Crippen LogP contribution in [0, 0.1) is 0 Å². The molecule has 0 aliphatic carbocycles. The van der Waals surface area contributed by atoms with Gasteiger partial charge in [0, 0.05) is 16.9 Å². The number of aromatic hydroxyl groups is 2. The molecule has 0 aliphatic rings. The second kappa shape index (κ2) is 5.99. The van der Waals surface area contributed by atoms with Crippen molar-refractivity contribution in [3.63, 3.8) is 0 Å². The fourth-order valence-electron chi connectivity index (χ4n) is 3.48. The molecule has 0 saturated heterocycles. The summed E-state index contributed by atoms with van der Waals surface area (Å²) in [4.78, 5) is 15.9. The maximum absolute atomic E-state index is 10.6. The molecule has 0 spiro atoms. The van der Waals surface area contributed by atoms with Crippen LogP contribution in [-0.2, 0) is 17.3 Å². The predicted octanol–water partition coefficient (Wildman–Crippen LogP) is 4.67. The molecule has 0 aliphatic heterocycles. The predicted molar refractivity (Wildman–Crippen MR) is 111 cm³/mol. The molecule has 146 valence electrons. The highest BCUT2D eigenvalue weighted by Gasteiger charge is 2.27. The van der Waals surface area contributed by atoms with E-state index in [4.69, 9.17) is 0 Å². The van der Waals surface area contributed by atoms with E-state index in [9.17, 15) is 10.2 Å². The molecule has 2 aromatic heterocycles.